The van der Waals surface area contributed by atoms with Crippen molar-refractivity contribution in [1.29, 1.82) is 0 Å². The van der Waals surface area contributed by atoms with E-state index in [2.05, 4.69) is 41.4 Å². The summed E-state index contributed by atoms with van der Waals surface area (Å²) in [4.78, 5) is 6.85. The van der Waals surface area contributed by atoms with Crippen molar-refractivity contribution in [3.63, 3.8) is 0 Å². The highest BCUT2D eigenvalue weighted by Gasteiger charge is 2.06. The van der Waals surface area contributed by atoms with Crippen LogP contribution in [0.2, 0.25) is 0 Å². The van der Waals surface area contributed by atoms with Gasteiger partial charge in [-0.1, -0.05) is 13.8 Å². The standard InChI is InChI=1S/C15H35N5O/c1-5-20(6-2)12-8-10-14(4)18-15(19-16)17-11-9-13-21-7-3/h14H,5-13,16H2,1-4H3,(H2,17,18,19). The summed E-state index contributed by atoms with van der Waals surface area (Å²) >= 11 is 0. The Morgan fingerprint density at radius 1 is 1.24 bits per heavy atom. The molecule has 6 heteroatoms. The molecule has 0 aromatic carbocycles. The lowest BCUT2D eigenvalue weighted by atomic mass is 10.2. The topological polar surface area (TPSA) is 74.9 Å². The summed E-state index contributed by atoms with van der Waals surface area (Å²) in [7, 11) is 0. The van der Waals surface area contributed by atoms with Gasteiger partial charge in [-0.05, 0) is 52.7 Å². The second-order valence-electron chi connectivity index (χ2n) is 5.14. The van der Waals surface area contributed by atoms with Crippen LogP contribution in [0.15, 0.2) is 4.99 Å². The van der Waals surface area contributed by atoms with Crippen LogP contribution in [0.5, 0.6) is 0 Å². The predicted octanol–water partition coefficient (Wildman–Crippen LogP) is 1.33. The Kier molecular flexibility index (Phi) is 13.5. The monoisotopic (exact) mass is 301 g/mol. The molecule has 0 heterocycles. The maximum Gasteiger partial charge on any atom is 0.205 e. The second-order valence-corrected chi connectivity index (χ2v) is 5.14. The van der Waals surface area contributed by atoms with Gasteiger partial charge in [0.05, 0.1) is 0 Å². The van der Waals surface area contributed by atoms with Crippen LogP contribution in [0.25, 0.3) is 0 Å². The van der Waals surface area contributed by atoms with Crippen LogP contribution in [0, 0.1) is 0 Å². The SMILES string of the molecule is CCOCCCN=C(NN)NC(C)CCCN(CC)CC. The molecule has 0 radical (unpaired) electrons. The molecule has 0 amide bonds. The number of guanidine groups is 1. The normalized spacial score (nSPS) is 13.5. The fourth-order valence-electron chi connectivity index (χ4n) is 2.10. The van der Waals surface area contributed by atoms with E-state index >= 15 is 0 Å². The molecule has 126 valence electrons. The van der Waals surface area contributed by atoms with Gasteiger partial charge in [-0.15, -0.1) is 0 Å². The maximum atomic E-state index is 5.50. The first-order chi connectivity index (χ1) is 10.2. The predicted molar refractivity (Wildman–Crippen MR) is 90.4 cm³/mol. The van der Waals surface area contributed by atoms with Crippen molar-refractivity contribution >= 4 is 5.96 Å². The van der Waals surface area contributed by atoms with E-state index in [1.807, 2.05) is 6.92 Å². The molecule has 0 saturated carbocycles. The third kappa shape index (κ3) is 11.5. The number of aliphatic imine (C=N–C) groups is 1. The van der Waals surface area contributed by atoms with Crippen LogP contribution < -0.4 is 16.6 Å². The van der Waals surface area contributed by atoms with E-state index in [9.17, 15) is 0 Å². The lowest BCUT2D eigenvalue weighted by Gasteiger charge is -2.20. The molecule has 0 aliphatic heterocycles. The van der Waals surface area contributed by atoms with Gasteiger partial charge in [0, 0.05) is 25.8 Å². The molecule has 21 heavy (non-hydrogen) atoms. The van der Waals surface area contributed by atoms with Gasteiger partial charge < -0.3 is 15.0 Å². The summed E-state index contributed by atoms with van der Waals surface area (Å²) < 4.78 is 5.28. The van der Waals surface area contributed by atoms with Crippen LogP contribution in [0.1, 0.15) is 47.0 Å². The van der Waals surface area contributed by atoms with E-state index in [4.69, 9.17) is 10.6 Å². The molecular formula is C15H35N5O. The molecule has 6 nitrogen and oxygen atoms in total. The van der Waals surface area contributed by atoms with Crippen LogP contribution in [-0.2, 0) is 4.74 Å². The zero-order chi connectivity index (χ0) is 15.9. The highest BCUT2D eigenvalue weighted by molar-refractivity contribution is 5.79. The fraction of sp³-hybridized carbons (Fsp3) is 0.933. The smallest absolute Gasteiger partial charge is 0.205 e. The van der Waals surface area contributed by atoms with Gasteiger partial charge in [0.2, 0.25) is 5.96 Å². The number of nitrogens with zero attached hydrogens (tertiary/aromatic N) is 2. The lowest BCUT2D eigenvalue weighted by Crippen LogP contribution is -2.45. The van der Waals surface area contributed by atoms with E-state index < -0.39 is 0 Å². The first-order valence-corrected chi connectivity index (χ1v) is 8.25. The number of nitrogens with one attached hydrogen (secondary N) is 2. The molecular weight excluding hydrogens is 266 g/mol. The van der Waals surface area contributed by atoms with Crippen molar-refractivity contribution in [2.45, 2.75) is 53.0 Å². The van der Waals surface area contributed by atoms with Crippen molar-refractivity contribution < 1.29 is 4.74 Å². The van der Waals surface area contributed by atoms with Gasteiger partial charge in [0.15, 0.2) is 0 Å². The first kappa shape index (κ1) is 20.1. The molecule has 0 aromatic heterocycles. The van der Waals surface area contributed by atoms with E-state index in [1.54, 1.807) is 0 Å². The van der Waals surface area contributed by atoms with Gasteiger partial charge in [-0.3, -0.25) is 10.4 Å². The quantitative estimate of drug-likeness (QED) is 0.167. The number of nitrogens with two attached hydrogens (primary N) is 1. The zero-order valence-corrected chi connectivity index (χ0v) is 14.3. The average molecular weight is 301 g/mol. The third-order valence-corrected chi connectivity index (χ3v) is 3.45. The Balaban J connectivity index is 3.86. The minimum absolute atomic E-state index is 0.363. The summed E-state index contributed by atoms with van der Waals surface area (Å²) in [6.45, 7) is 14.2. The molecule has 0 rings (SSSR count). The highest BCUT2D eigenvalue weighted by Crippen LogP contribution is 1.99. The fourth-order valence-corrected chi connectivity index (χ4v) is 2.10. The van der Waals surface area contributed by atoms with Gasteiger partial charge >= 0.3 is 0 Å². The van der Waals surface area contributed by atoms with Gasteiger partial charge in [-0.25, -0.2) is 5.84 Å². The number of ether oxygens (including phenoxy) is 1. The van der Waals surface area contributed by atoms with Crippen LogP contribution >= 0.6 is 0 Å². The molecule has 4 N–H and O–H groups in total. The van der Waals surface area contributed by atoms with Gasteiger partial charge in [-0.2, -0.15) is 0 Å². The summed E-state index contributed by atoms with van der Waals surface area (Å²) in [6.07, 6.45) is 3.20. The first-order valence-electron chi connectivity index (χ1n) is 8.25. The molecule has 1 unspecified atom stereocenters. The minimum atomic E-state index is 0.363. The number of hydrazine groups is 1. The summed E-state index contributed by atoms with van der Waals surface area (Å²) in [5.74, 6) is 6.17. The number of hydrogen-bond donors (Lipinski definition) is 3. The third-order valence-electron chi connectivity index (χ3n) is 3.45. The highest BCUT2D eigenvalue weighted by atomic mass is 16.5. The van der Waals surface area contributed by atoms with Crippen LogP contribution in [0.4, 0.5) is 0 Å². The Morgan fingerprint density at radius 3 is 2.52 bits per heavy atom. The average Bonchev–Trinajstić information content (AvgIpc) is 2.50. The van der Waals surface area contributed by atoms with Gasteiger partial charge in [0.25, 0.3) is 0 Å². The van der Waals surface area contributed by atoms with Crippen molar-refractivity contribution in [3.8, 4) is 0 Å². The van der Waals surface area contributed by atoms with E-state index in [-0.39, 0.29) is 0 Å². The molecule has 0 aromatic rings. The molecule has 0 fully saturated rings. The van der Waals surface area contributed by atoms with E-state index in [0.717, 1.165) is 52.2 Å². The van der Waals surface area contributed by atoms with Crippen molar-refractivity contribution in [2.75, 3.05) is 39.4 Å². The molecule has 0 aliphatic rings. The maximum absolute atomic E-state index is 5.50. The Hall–Kier alpha value is -0.850. The minimum Gasteiger partial charge on any atom is -0.382 e. The Labute approximate surface area is 130 Å². The zero-order valence-electron chi connectivity index (χ0n) is 14.3. The Morgan fingerprint density at radius 2 is 1.95 bits per heavy atom. The van der Waals surface area contributed by atoms with E-state index in [1.165, 1.54) is 6.42 Å². The molecule has 0 bridgehead atoms. The summed E-state index contributed by atoms with van der Waals surface area (Å²) in [5.41, 5.74) is 2.63. The lowest BCUT2D eigenvalue weighted by molar-refractivity contribution is 0.146. The summed E-state index contributed by atoms with van der Waals surface area (Å²) in [5, 5.41) is 3.32. The molecule has 1 atom stereocenters. The molecule has 0 aliphatic carbocycles. The number of hydrogen-bond acceptors (Lipinski definition) is 4. The Bertz CT molecular complexity index is 256. The van der Waals surface area contributed by atoms with Crippen molar-refractivity contribution in [2.24, 2.45) is 10.8 Å². The summed E-state index contributed by atoms with van der Waals surface area (Å²) in [6, 6.07) is 0.363. The van der Waals surface area contributed by atoms with Crippen LogP contribution in [-0.4, -0.2) is 56.3 Å². The van der Waals surface area contributed by atoms with Crippen LogP contribution in [0.3, 0.4) is 0 Å². The van der Waals surface area contributed by atoms with Gasteiger partial charge in [0.1, 0.15) is 0 Å². The van der Waals surface area contributed by atoms with E-state index in [0.29, 0.717) is 12.0 Å². The van der Waals surface area contributed by atoms with Crippen molar-refractivity contribution in [3.05, 3.63) is 0 Å². The van der Waals surface area contributed by atoms with Crippen molar-refractivity contribution in [1.82, 2.24) is 15.6 Å². The second kappa shape index (κ2) is 14.1. The molecule has 0 saturated heterocycles. The number of rotatable bonds is 12. The largest absolute Gasteiger partial charge is 0.382 e. The molecule has 0 spiro atoms.